The Labute approximate surface area is 148 Å². The topological polar surface area (TPSA) is 45.4 Å². The molecule has 0 unspecified atom stereocenters. The summed E-state index contributed by atoms with van der Waals surface area (Å²) in [6.07, 6.45) is 2.09. The van der Waals surface area contributed by atoms with Crippen LogP contribution in [0.4, 0.5) is 0 Å². The molecule has 0 bridgehead atoms. The zero-order valence-electron chi connectivity index (χ0n) is 15.2. The van der Waals surface area contributed by atoms with Crippen molar-refractivity contribution in [3.8, 4) is 0 Å². The number of hydrogen-bond donors (Lipinski definition) is 0. The van der Waals surface area contributed by atoms with Crippen LogP contribution in [0.25, 0.3) is 0 Å². The highest BCUT2D eigenvalue weighted by Gasteiger charge is 2.27. The molecule has 132 valence electrons. The average molecular weight is 349 g/mol. The Hall–Kier alpha value is -1.24. The van der Waals surface area contributed by atoms with Crippen molar-refractivity contribution in [2.75, 3.05) is 26.7 Å². The number of thiophene rings is 1. The molecule has 6 heteroatoms. The minimum absolute atomic E-state index is 0.173. The summed E-state index contributed by atoms with van der Waals surface area (Å²) in [6, 6.07) is 4.66. The van der Waals surface area contributed by atoms with Crippen molar-refractivity contribution in [1.82, 2.24) is 19.9 Å². The van der Waals surface area contributed by atoms with E-state index >= 15 is 0 Å². The lowest BCUT2D eigenvalue weighted by atomic mass is 10.1. The van der Waals surface area contributed by atoms with Gasteiger partial charge in [0, 0.05) is 35.8 Å². The first-order valence-corrected chi connectivity index (χ1v) is 9.67. The van der Waals surface area contributed by atoms with Crippen LogP contribution >= 0.6 is 11.3 Å². The molecular formula is C18H28N4OS. The highest BCUT2D eigenvalue weighted by molar-refractivity contribution is 7.11. The zero-order chi connectivity index (χ0) is 17.1. The van der Waals surface area contributed by atoms with Gasteiger partial charge in [-0.3, -0.25) is 9.80 Å². The molecule has 0 amide bonds. The van der Waals surface area contributed by atoms with E-state index in [9.17, 15) is 0 Å². The van der Waals surface area contributed by atoms with E-state index in [0.717, 1.165) is 31.2 Å². The van der Waals surface area contributed by atoms with Gasteiger partial charge in [0.05, 0.1) is 6.04 Å². The van der Waals surface area contributed by atoms with Crippen molar-refractivity contribution in [2.45, 2.75) is 46.2 Å². The molecule has 5 nitrogen and oxygen atoms in total. The summed E-state index contributed by atoms with van der Waals surface area (Å²) in [5.41, 5.74) is 0. The third-order valence-electron chi connectivity index (χ3n) is 4.91. The van der Waals surface area contributed by atoms with Crippen LogP contribution in [-0.2, 0) is 13.0 Å². The molecule has 0 saturated carbocycles. The van der Waals surface area contributed by atoms with Gasteiger partial charge in [0.1, 0.15) is 0 Å². The van der Waals surface area contributed by atoms with Crippen LogP contribution in [0.15, 0.2) is 16.7 Å². The summed E-state index contributed by atoms with van der Waals surface area (Å²) < 4.78 is 5.39. The molecule has 2 aromatic rings. The normalized spacial score (nSPS) is 20.1. The first-order chi connectivity index (χ1) is 11.5. The van der Waals surface area contributed by atoms with E-state index < -0.39 is 0 Å². The third-order valence-corrected chi connectivity index (χ3v) is 5.90. The largest absolute Gasteiger partial charge is 0.338 e. The molecule has 24 heavy (non-hydrogen) atoms. The SMILES string of the molecule is CCc1noc([C@H](C)N(C)C[C@@H]2CCN(Cc3ccc(C)s3)C2)n1. The average Bonchev–Trinajstić information content (AvgIpc) is 3.28. The predicted octanol–water partition coefficient (Wildman–Crippen LogP) is 3.52. The molecule has 0 radical (unpaired) electrons. The number of rotatable bonds is 7. The fourth-order valence-corrected chi connectivity index (χ4v) is 4.26. The van der Waals surface area contributed by atoms with Crippen LogP contribution in [0.2, 0.25) is 0 Å². The van der Waals surface area contributed by atoms with Gasteiger partial charge in [-0.05, 0) is 51.9 Å². The standard InChI is InChI=1S/C18H28N4OS/c1-5-17-19-18(23-20-17)14(3)21(4)10-15-8-9-22(11-15)12-16-7-6-13(2)24-16/h6-7,14-15H,5,8-12H2,1-4H3/t14-,15-/m0/s1. The van der Waals surface area contributed by atoms with Gasteiger partial charge < -0.3 is 4.52 Å². The number of nitrogens with zero attached hydrogens (tertiary/aromatic N) is 4. The van der Waals surface area contributed by atoms with Crippen LogP contribution in [0, 0.1) is 12.8 Å². The minimum Gasteiger partial charge on any atom is -0.338 e. The summed E-state index contributed by atoms with van der Waals surface area (Å²) in [6.45, 7) is 10.9. The van der Waals surface area contributed by atoms with Gasteiger partial charge >= 0.3 is 0 Å². The molecule has 0 spiro atoms. The van der Waals surface area contributed by atoms with Crippen molar-refractivity contribution in [1.29, 1.82) is 0 Å². The van der Waals surface area contributed by atoms with Gasteiger partial charge in [0.2, 0.25) is 5.89 Å². The smallest absolute Gasteiger partial charge is 0.243 e. The Morgan fingerprint density at radius 3 is 2.96 bits per heavy atom. The first-order valence-electron chi connectivity index (χ1n) is 8.85. The molecule has 1 fully saturated rings. The Balaban J connectivity index is 1.49. The highest BCUT2D eigenvalue weighted by Crippen LogP contribution is 2.25. The van der Waals surface area contributed by atoms with Gasteiger partial charge in [0.15, 0.2) is 5.82 Å². The van der Waals surface area contributed by atoms with Crippen LogP contribution in [0.5, 0.6) is 0 Å². The molecule has 1 aliphatic heterocycles. The van der Waals surface area contributed by atoms with Gasteiger partial charge in [-0.15, -0.1) is 11.3 Å². The monoisotopic (exact) mass is 348 g/mol. The molecule has 1 aliphatic rings. The van der Waals surface area contributed by atoms with Crippen molar-refractivity contribution in [3.05, 3.63) is 33.6 Å². The lowest BCUT2D eigenvalue weighted by Gasteiger charge is -2.25. The maximum Gasteiger partial charge on any atom is 0.243 e. The van der Waals surface area contributed by atoms with Crippen molar-refractivity contribution >= 4 is 11.3 Å². The maximum absolute atomic E-state index is 5.39. The molecular weight excluding hydrogens is 320 g/mol. The quantitative estimate of drug-likeness (QED) is 0.766. The molecule has 1 saturated heterocycles. The molecule has 0 N–H and O–H groups in total. The molecule has 3 heterocycles. The molecule has 3 rings (SSSR count). The molecule has 0 aliphatic carbocycles. The van der Waals surface area contributed by atoms with Gasteiger partial charge in [-0.1, -0.05) is 12.1 Å². The molecule has 2 atom stereocenters. The van der Waals surface area contributed by atoms with Gasteiger partial charge in [-0.2, -0.15) is 4.98 Å². The van der Waals surface area contributed by atoms with E-state index in [1.54, 1.807) is 0 Å². The fraction of sp³-hybridized carbons (Fsp3) is 0.667. The second-order valence-corrected chi connectivity index (χ2v) is 8.29. The van der Waals surface area contributed by atoms with E-state index in [1.165, 1.54) is 29.3 Å². The first kappa shape index (κ1) is 17.6. The number of likely N-dealkylation sites (tertiary alicyclic amines) is 1. The van der Waals surface area contributed by atoms with Crippen LogP contribution in [0.3, 0.4) is 0 Å². The lowest BCUT2D eigenvalue weighted by molar-refractivity contribution is 0.181. The Morgan fingerprint density at radius 1 is 1.46 bits per heavy atom. The second kappa shape index (κ2) is 7.76. The van der Waals surface area contributed by atoms with E-state index in [0.29, 0.717) is 5.92 Å². The Bertz CT molecular complexity index is 653. The second-order valence-electron chi connectivity index (χ2n) is 6.92. The Morgan fingerprint density at radius 2 is 2.29 bits per heavy atom. The van der Waals surface area contributed by atoms with E-state index in [4.69, 9.17) is 4.52 Å². The zero-order valence-corrected chi connectivity index (χ0v) is 16.0. The number of hydrogen-bond acceptors (Lipinski definition) is 6. The minimum atomic E-state index is 0.173. The van der Waals surface area contributed by atoms with E-state index in [2.05, 4.69) is 53.0 Å². The lowest BCUT2D eigenvalue weighted by Crippen LogP contribution is -2.30. The van der Waals surface area contributed by atoms with Gasteiger partial charge in [0.25, 0.3) is 0 Å². The predicted molar refractivity (Wildman–Crippen MR) is 97.2 cm³/mol. The maximum atomic E-state index is 5.39. The summed E-state index contributed by atoms with van der Waals surface area (Å²) in [5, 5.41) is 4.01. The van der Waals surface area contributed by atoms with E-state index in [1.807, 2.05) is 18.3 Å². The van der Waals surface area contributed by atoms with Crippen LogP contribution < -0.4 is 0 Å². The van der Waals surface area contributed by atoms with Crippen molar-refractivity contribution < 1.29 is 4.52 Å². The number of aromatic nitrogens is 2. The van der Waals surface area contributed by atoms with Crippen molar-refractivity contribution in [3.63, 3.8) is 0 Å². The summed E-state index contributed by atoms with van der Waals surface area (Å²) in [7, 11) is 2.16. The summed E-state index contributed by atoms with van der Waals surface area (Å²) in [5.74, 6) is 2.24. The Kier molecular flexibility index (Phi) is 5.69. The highest BCUT2D eigenvalue weighted by atomic mass is 32.1. The van der Waals surface area contributed by atoms with Crippen LogP contribution in [0.1, 0.15) is 47.8 Å². The van der Waals surface area contributed by atoms with Gasteiger partial charge in [-0.25, -0.2) is 0 Å². The summed E-state index contributed by atoms with van der Waals surface area (Å²) >= 11 is 1.92. The molecule has 0 aromatic carbocycles. The van der Waals surface area contributed by atoms with Crippen molar-refractivity contribution in [2.24, 2.45) is 5.92 Å². The fourth-order valence-electron chi connectivity index (χ4n) is 3.33. The number of aryl methyl sites for hydroxylation is 2. The third kappa shape index (κ3) is 4.23. The molecule has 2 aromatic heterocycles. The summed E-state index contributed by atoms with van der Waals surface area (Å²) in [4.78, 5) is 12.3. The van der Waals surface area contributed by atoms with E-state index in [-0.39, 0.29) is 6.04 Å². The van der Waals surface area contributed by atoms with Crippen LogP contribution in [-0.4, -0.2) is 46.6 Å².